The molecule has 6 heteroatoms. The standard InChI is InChI=1S/C18H25NO5/c1-18(2,3)24-17(23)19-6-4-12-8-13(10-21)14(11-22)9-15(12)16(19)5-7-20/h7-9,16,21-22H,4-6,10-11H2,1-3H3/t16-/m0/s1. The van der Waals surface area contributed by atoms with Gasteiger partial charge >= 0.3 is 6.09 Å². The van der Waals surface area contributed by atoms with Gasteiger partial charge in [-0.2, -0.15) is 0 Å². The summed E-state index contributed by atoms with van der Waals surface area (Å²) in [6.45, 7) is 5.49. The van der Waals surface area contributed by atoms with Gasteiger partial charge in [-0.3, -0.25) is 0 Å². The van der Waals surface area contributed by atoms with E-state index in [1.807, 2.05) is 6.07 Å². The summed E-state index contributed by atoms with van der Waals surface area (Å²) in [6.07, 6.45) is 1.12. The van der Waals surface area contributed by atoms with Crippen molar-refractivity contribution in [1.29, 1.82) is 0 Å². The van der Waals surface area contributed by atoms with Crippen LogP contribution in [0.25, 0.3) is 0 Å². The SMILES string of the molecule is CC(C)(C)OC(=O)N1CCc2cc(CO)c(CO)cc2[C@@H]1CC=O. The zero-order valence-electron chi connectivity index (χ0n) is 14.4. The Morgan fingerprint density at radius 1 is 1.29 bits per heavy atom. The van der Waals surface area contributed by atoms with E-state index in [4.69, 9.17) is 4.74 Å². The number of amides is 1. The van der Waals surface area contributed by atoms with Gasteiger partial charge in [-0.25, -0.2) is 4.79 Å². The fourth-order valence-electron chi connectivity index (χ4n) is 3.03. The Labute approximate surface area is 142 Å². The second kappa shape index (κ2) is 7.32. The maximum atomic E-state index is 12.5. The second-order valence-corrected chi connectivity index (χ2v) is 6.98. The minimum Gasteiger partial charge on any atom is -0.444 e. The Hall–Kier alpha value is -1.92. The summed E-state index contributed by atoms with van der Waals surface area (Å²) in [5, 5.41) is 18.9. The summed E-state index contributed by atoms with van der Waals surface area (Å²) in [4.78, 5) is 25.2. The predicted octanol–water partition coefficient (Wildman–Crippen LogP) is 2.09. The maximum absolute atomic E-state index is 12.5. The second-order valence-electron chi connectivity index (χ2n) is 6.98. The molecule has 1 aliphatic heterocycles. The average molecular weight is 335 g/mol. The molecule has 1 aromatic carbocycles. The molecule has 1 aromatic rings. The van der Waals surface area contributed by atoms with Gasteiger partial charge in [-0.1, -0.05) is 12.1 Å². The summed E-state index contributed by atoms with van der Waals surface area (Å²) >= 11 is 0. The third kappa shape index (κ3) is 3.94. The van der Waals surface area contributed by atoms with Gasteiger partial charge in [-0.15, -0.1) is 0 Å². The molecule has 1 atom stereocenters. The molecular weight excluding hydrogens is 310 g/mol. The van der Waals surface area contributed by atoms with Gasteiger partial charge in [-0.05, 0) is 49.4 Å². The van der Waals surface area contributed by atoms with Crippen LogP contribution >= 0.6 is 0 Å². The maximum Gasteiger partial charge on any atom is 0.410 e. The zero-order valence-corrected chi connectivity index (χ0v) is 14.4. The molecule has 0 aliphatic carbocycles. The summed E-state index contributed by atoms with van der Waals surface area (Å²) < 4.78 is 5.45. The van der Waals surface area contributed by atoms with Gasteiger partial charge in [0.2, 0.25) is 0 Å². The van der Waals surface area contributed by atoms with Crippen LogP contribution in [0.3, 0.4) is 0 Å². The lowest BCUT2D eigenvalue weighted by atomic mass is 9.87. The van der Waals surface area contributed by atoms with Gasteiger partial charge in [0.05, 0.1) is 19.3 Å². The first-order valence-corrected chi connectivity index (χ1v) is 8.10. The summed E-state index contributed by atoms with van der Waals surface area (Å²) in [5.41, 5.74) is 2.49. The van der Waals surface area contributed by atoms with Gasteiger partial charge in [0, 0.05) is 13.0 Å². The highest BCUT2D eigenvalue weighted by molar-refractivity contribution is 5.70. The van der Waals surface area contributed by atoms with Crippen LogP contribution in [0.5, 0.6) is 0 Å². The van der Waals surface area contributed by atoms with E-state index in [1.54, 1.807) is 31.7 Å². The van der Waals surface area contributed by atoms with E-state index in [1.165, 1.54) is 0 Å². The molecule has 0 aromatic heterocycles. The Kier molecular flexibility index (Phi) is 5.62. The smallest absolute Gasteiger partial charge is 0.410 e. The number of benzene rings is 1. The van der Waals surface area contributed by atoms with Crippen molar-refractivity contribution in [1.82, 2.24) is 4.90 Å². The fourth-order valence-corrected chi connectivity index (χ4v) is 3.03. The topological polar surface area (TPSA) is 87.1 Å². The molecule has 0 saturated carbocycles. The number of aldehydes is 1. The number of hydrogen-bond donors (Lipinski definition) is 2. The van der Waals surface area contributed by atoms with Crippen LogP contribution in [0, 0.1) is 0 Å². The lowest BCUT2D eigenvalue weighted by molar-refractivity contribution is -0.109. The quantitative estimate of drug-likeness (QED) is 0.823. The van der Waals surface area contributed by atoms with Crippen molar-refractivity contribution in [3.05, 3.63) is 34.4 Å². The van der Waals surface area contributed by atoms with Crippen molar-refractivity contribution in [3.63, 3.8) is 0 Å². The van der Waals surface area contributed by atoms with E-state index in [0.29, 0.717) is 24.1 Å². The molecule has 2 N–H and O–H groups in total. The van der Waals surface area contributed by atoms with Crippen molar-refractivity contribution < 1.29 is 24.5 Å². The first kappa shape index (κ1) is 18.4. The fraction of sp³-hybridized carbons (Fsp3) is 0.556. The predicted molar refractivity (Wildman–Crippen MR) is 88.4 cm³/mol. The number of ether oxygens (including phenoxy) is 1. The van der Waals surface area contributed by atoms with Crippen molar-refractivity contribution in [2.24, 2.45) is 0 Å². The lowest BCUT2D eigenvalue weighted by Gasteiger charge is -2.38. The third-order valence-corrected chi connectivity index (χ3v) is 4.11. The van der Waals surface area contributed by atoms with Crippen molar-refractivity contribution in [2.75, 3.05) is 6.54 Å². The van der Waals surface area contributed by atoms with E-state index in [-0.39, 0.29) is 19.6 Å². The Morgan fingerprint density at radius 3 is 2.46 bits per heavy atom. The monoisotopic (exact) mass is 335 g/mol. The molecule has 0 bridgehead atoms. The normalized spacial score (nSPS) is 17.4. The van der Waals surface area contributed by atoms with Gasteiger partial charge < -0.3 is 24.6 Å². The van der Waals surface area contributed by atoms with Crippen LogP contribution in [-0.4, -0.2) is 39.6 Å². The van der Waals surface area contributed by atoms with Crippen LogP contribution < -0.4 is 0 Å². The number of aliphatic hydroxyl groups excluding tert-OH is 2. The summed E-state index contributed by atoms with van der Waals surface area (Å²) in [7, 11) is 0. The highest BCUT2D eigenvalue weighted by Gasteiger charge is 2.34. The Bertz CT molecular complexity index is 621. The molecule has 0 fully saturated rings. The molecule has 0 unspecified atom stereocenters. The van der Waals surface area contributed by atoms with E-state index in [2.05, 4.69) is 0 Å². The van der Waals surface area contributed by atoms with Gasteiger partial charge in [0.15, 0.2) is 0 Å². The molecule has 6 nitrogen and oxygen atoms in total. The third-order valence-electron chi connectivity index (χ3n) is 4.11. The van der Waals surface area contributed by atoms with Crippen LogP contribution in [0.2, 0.25) is 0 Å². The van der Waals surface area contributed by atoms with E-state index >= 15 is 0 Å². The average Bonchev–Trinajstić information content (AvgIpc) is 2.52. The largest absolute Gasteiger partial charge is 0.444 e. The van der Waals surface area contributed by atoms with Crippen LogP contribution in [-0.2, 0) is 29.2 Å². The Morgan fingerprint density at radius 2 is 1.92 bits per heavy atom. The van der Waals surface area contributed by atoms with Gasteiger partial charge in [0.25, 0.3) is 0 Å². The van der Waals surface area contributed by atoms with Crippen molar-refractivity contribution in [3.8, 4) is 0 Å². The first-order valence-electron chi connectivity index (χ1n) is 8.10. The molecule has 2 rings (SSSR count). The highest BCUT2D eigenvalue weighted by atomic mass is 16.6. The summed E-state index contributed by atoms with van der Waals surface area (Å²) in [5.74, 6) is 0. The Balaban J connectivity index is 2.40. The minimum atomic E-state index is -0.611. The number of nitrogens with zero attached hydrogens (tertiary/aromatic N) is 1. The number of carbonyl (C=O) groups is 2. The van der Waals surface area contributed by atoms with Crippen molar-refractivity contribution >= 4 is 12.4 Å². The number of aliphatic hydroxyl groups is 2. The molecule has 0 radical (unpaired) electrons. The minimum absolute atomic E-state index is 0.155. The first-order chi connectivity index (χ1) is 11.3. The molecule has 1 heterocycles. The number of carbonyl (C=O) groups excluding carboxylic acids is 2. The number of hydrogen-bond acceptors (Lipinski definition) is 5. The molecule has 1 amide bonds. The molecule has 132 valence electrons. The zero-order chi connectivity index (χ0) is 17.9. The molecule has 0 spiro atoms. The van der Waals surface area contributed by atoms with E-state index in [0.717, 1.165) is 17.4 Å². The van der Waals surface area contributed by atoms with Gasteiger partial charge in [0.1, 0.15) is 11.9 Å². The van der Waals surface area contributed by atoms with Crippen LogP contribution in [0.4, 0.5) is 4.79 Å². The number of rotatable bonds is 4. The van der Waals surface area contributed by atoms with E-state index < -0.39 is 17.7 Å². The van der Waals surface area contributed by atoms with Crippen LogP contribution in [0.15, 0.2) is 12.1 Å². The van der Waals surface area contributed by atoms with E-state index in [9.17, 15) is 19.8 Å². The summed E-state index contributed by atoms with van der Waals surface area (Å²) in [6, 6.07) is 3.22. The van der Waals surface area contributed by atoms with Crippen molar-refractivity contribution in [2.45, 2.75) is 58.5 Å². The molecule has 1 aliphatic rings. The highest BCUT2D eigenvalue weighted by Crippen LogP contribution is 2.34. The lowest BCUT2D eigenvalue weighted by Crippen LogP contribution is -2.43. The molecule has 24 heavy (non-hydrogen) atoms. The molecule has 0 saturated heterocycles. The molecular formula is C18H25NO5. The number of fused-ring (bicyclic) bond motifs is 1. The van der Waals surface area contributed by atoms with Crippen LogP contribution in [0.1, 0.15) is 55.5 Å².